The van der Waals surface area contributed by atoms with Crippen LogP contribution in [0.15, 0.2) is 91.0 Å². The number of alkyl carbamates (subject to hydrolysis) is 1. The zero-order chi connectivity index (χ0) is 45.0. The number of carbonyl (C=O) groups excluding carboxylic acids is 1. The summed E-state index contributed by atoms with van der Waals surface area (Å²) in [5.41, 5.74) is 9.14. The minimum absolute atomic E-state index is 0.0526. The maximum atomic E-state index is 12.4. The van der Waals surface area contributed by atoms with E-state index in [1.165, 1.54) is 0 Å². The Morgan fingerprint density at radius 1 is 0.594 bits per heavy atom. The third-order valence-corrected chi connectivity index (χ3v) is 13.2. The first-order chi connectivity index (χ1) is 30.6. The van der Waals surface area contributed by atoms with Gasteiger partial charge in [0.25, 0.3) is 0 Å². The molecule has 6 aliphatic rings. The fraction of sp³-hybridized carbons (Fsp3) is 0.620. The fourth-order valence-corrected chi connectivity index (χ4v) is 9.44. The third kappa shape index (κ3) is 12.5. The van der Waals surface area contributed by atoms with E-state index in [9.17, 15) is 4.79 Å². The summed E-state index contributed by atoms with van der Waals surface area (Å²) in [6.07, 6.45) is 1.40. The lowest BCUT2D eigenvalue weighted by Gasteiger charge is -2.40. The SMILES string of the molecule is CC1(N)CCN(C[C@H]2O[C@@H]3OC(C)(C)O[C@@H]3[C@H]2OCc2ccccc2)CC1.CC1(NC(=O)OCc2ccccc2)CCN(C[C@H]2O[C@@H]3OC(C)(C)O[C@@H]3[C@H]2OCc2ccccc2)CC1. The lowest BCUT2D eigenvalue weighted by molar-refractivity contribution is -0.221. The molecule has 0 spiro atoms. The molecule has 0 aliphatic carbocycles. The number of nitrogens with two attached hydrogens (primary N) is 1. The van der Waals surface area contributed by atoms with E-state index in [1.807, 2.05) is 94.4 Å². The van der Waals surface area contributed by atoms with E-state index in [-0.39, 0.29) is 66.7 Å². The molecule has 9 rings (SSSR count). The smallest absolute Gasteiger partial charge is 0.407 e. The van der Waals surface area contributed by atoms with Crippen molar-refractivity contribution in [2.75, 3.05) is 39.3 Å². The average molecular weight is 887 g/mol. The van der Waals surface area contributed by atoms with Gasteiger partial charge in [-0.25, -0.2) is 4.79 Å². The molecule has 8 atom stereocenters. The zero-order valence-corrected chi connectivity index (χ0v) is 38.5. The number of hydrogen-bond acceptors (Lipinski definition) is 13. The Hall–Kier alpha value is -3.51. The van der Waals surface area contributed by atoms with Crippen molar-refractivity contribution in [3.8, 4) is 0 Å². The minimum atomic E-state index is -0.692. The number of hydrogen-bond donors (Lipinski definition) is 2. The van der Waals surface area contributed by atoms with E-state index in [0.29, 0.717) is 19.8 Å². The number of fused-ring (bicyclic) bond motifs is 2. The van der Waals surface area contributed by atoms with Crippen molar-refractivity contribution in [3.63, 3.8) is 0 Å². The van der Waals surface area contributed by atoms with Crippen LogP contribution in [0.25, 0.3) is 0 Å². The van der Waals surface area contributed by atoms with Gasteiger partial charge in [0.1, 0.15) is 43.2 Å². The number of rotatable bonds is 13. The Bertz CT molecular complexity index is 1920. The number of nitrogens with one attached hydrogen (secondary N) is 1. The Kier molecular flexibility index (Phi) is 14.8. The summed E-state index contributed by atoms with van der Waals surface area (Å²) in [4.78, 5) is 17.2. The van der Waals surface area contributed by atoms with Gasteiger partial charge in [0.15, 0.2) is 24.2 Å². The predicted molar refractivity (Wildman–Crippen MR) is 240 cm³/mol. The molecule has 14 nitrogen and oxygen atoms in total. The quantitative estimate of drug-likeness (QED) is 0.193. The molecule has 0 aromatic heterocycles. The van der Waals surface area contributed by atoms with Crippen LogP contribution in [0.5, 0.6) is 0 Å². The molecule has 1 amide bonds. The van der Waals surface area contributed by atoms with Crippen molar-refractivity contribution in [2.24, 2.45) is 5.73 Å². The number of amides is 1. The molecule has 14 heteroatoms. The van der Waals surface area contributed by atoms with Crippen LogP contribution in [0.4, 0.5) is 4.79 Å². The summed E-state index contributed by atoms with van der Waals surface area (Å²) in [5, 5.41) is 3.08. The van der Waals surface area contributed by atoms with Crippen molar-refractivity contribution >= 4 is 6.09 Å². The second kappa shape index (κ2) is 20.2. The molecule has 0 bridgehead atoms. The van der Waals surface area contributed by atoms with E-state index in [0.717, 1.165) is 75.1 Å². The van der Waals surface area contributed by atoms with Gasteiger partial charge >= 0.3 is 6.09 Å². The van der Waals surface area contributed by atoms with Gasteiger partial charge in [0.05, 0.1) is 13.2 Å². The lowest BCUT2D eigenvalue weighted by atomic mass is 9.89. The molecule has 3 N–H and O–H groups in total. The Labute approximate surface area is 379 Å². The first kappa shape index (κ1) is 47.0. The molecular formula is C50H70N4O10. The van der Waals surface area contributed by atoms with Gasteiger partial charge in [0.2, 0.25) is 0 Å². The topological polar surface area (TPSA) is 145 Å². The maximum Gasteiger partial charge on any atom is 0.407 e. The standard InChI is InChI=1S/C29H38N2O6.C21H32N2O4/c1-28(2)36-25-24(33-19-21-10-6-4-7-11-21)23(35-26(25)37-28)18-31-16-14-29(3,15-17-31)30-27(32)34-20-22-12-8-5-9-13-22;1-20(2)26-18-17(24-14-15-7-5-4-6-8-15)16(25-19(18)27-20)13-23-11-9-21(3,22)10-12-23/h4-13,23-26H,14-20H2,1-3H3,(H,30,32);4-8,16-19H,9-14,22H2,1-3H3/t23-,24+,25-,26-;16-,17+,18-,19-/m11/s1. The average Bonchev–Trinajstić information content (AvgIpc) is 3.94. The second-order valence-electron chi connectivity index (χ2n) is 19.8. The molecular weight excluding hydrogens is 817 g/mol. The molecule has 6 fully saturated rings. The van der Waals surface area contributed by atoms with Crippen molar-refractivity contribution < 1.29 is 47.4 Å². The first-order valence-corrected chi connectivity index (χ1v) is 23.2. The molecule has 0 radical (unpaired) electrons. The Morgan fingerprint density at radius 3 is 1.41 bits per heavy atom. The lowest BCUT2D eigenvalue weighted by Crippen LogP contribution is -2.55. The summed E-state index contributed by atoms with van der Waals surface area (Å²) in [7, 11) is 0. The molecule has 350 valence electrons. The summed E-state index contributed by atoms with van der Waals surface area (Å²) in [6, 6.07) is 30.1. The molecule has 3 aromatic rings. The number of piperidine rings is 2. The van der Waals surface area contributed by atoms with Gasteiger partial charge < -0.3 is 63.5 Å². The highest BCUT2D eigenvalue weighted by Crippen LogP contribution is 2.41. The summed E-state index contributed by atoms with van der Waals surface area (Å²) < 4.78 is 54.9. The molecule has 3 aromatic carbocycles. The monoisotopic (exact) mass is 887 g/mol. The molecule has 64 heavy (non-hydrogen) atoms. The Balaban J connectivity index is 0.000000184. The van der Waals surface area contributed by atoms with E-state index in [4.69, 9.17) is 48.4 Å². The first-order valence-electron chi connectivity index (χ1n) is 23.2. The van der Waals surface area contributed by atoms with Gasteiger partial charge in [-0.2, -0.15) is 0 Å². The fourth-order valence-electron chi connectivity index (χ4n) is 9.44. The second-order valence-corrected chi connectivity index (χ2v) is 19.8. The minimum Gasteiger partial charge on any atom is -0.445 e. The van der Waals surface area contributed by atoms with Gasteiger partial charge in [0, 0.05) is 37.3 Å². The van der Waals surface area contributed by atoms with Gasteiger partial charge in [-0.3, -0.25) is 0 Å². The normalized spacial score (nSPS) is 31.4. The number of likely N-dealkylation sites (tertiary alicyclic amines) is 2. The van der Waals surface area contributed by atoms with Crippen molar-refractivity contribution in [1.29, 1.82) is 0 Å². The molecule has 6 saturated heterocycles. The number of benzene rings is 3. The van der Waals surface area contributed by atoms with Crippen LogP contribution in [0.2, 0.25) is 0 Å². The van der Waals surface area contributed by atoms with Crippen LogP contribution < -0.4 is 11.1 Å². The summed E-state index contributed by atoms with van der Waals surface area (Å²) >= 11 is 0. The molecule has 0 unspecified atom stereocenters. The number of nitrogens with zero attached hydrogens (tertiary/aromatic N) is 2. The molecule has 6 aliphatic heterocycles. The van der Waals surface area contributed by atoms with Crippen LogP contribution in [0, 0.1) is 0 Å². The van der Waals surface area contributed by atoms with E-state index in [1.54, 1.807) is 0 Å². The summed E-state index contributed by atoms with van der Waals surface area (Å²) in [5.74, 6) is -1.33. The van der Waals surface area contributed by atoms with Crippen LogP contribution in [0.1, 0.15) is 83.9 Å². The predicted octanol–water partition coefficient (Wildman–Crippen LogP) is 6.49. The number of carbonyl (C=O) groups is 1. The van der Waals surface area contributed by atoms with E-state index < -0.39 is 17.9 Å². The van der Waals surface area contributed by atoms with Crippen molar-refractivity contribution in [1.82, 2.24) is 15.1 Å². The summed E-state index contributed by atoms with van der Waals surface area (Å²) in [6.45, 7) is 18.3. The van der Waals surface area contributed by atoms with Crippen molar-refractivity contribution in [2.45, 2.75) is 159 Å². The highest BCUT2D eigenvalue weighted by molar-refractivity contribution is 5.68. The largest absolute Gasteiger partial charge is 0.445 e. The highest BCUT2D eigenvalue weighted by atomic mass is 16.9. The third-order valence-electron chi connectivity index (χ3n) is 13.2. The molecule has 6 heterocycles. The zero-order valence-electron chi connectivity index (χ0n) is 38.5. The van der Waals surface area contributed by atoms with Crippen LogP contribution >= 0.6 is 0 Å². The Morgan fingerprint density at radius 2 is 0.984 bits per heavy atom. The van der Waals surface area contributed by atoms with E-state index >= 15 is 0 Å². The van der Waals surface area contributed by atoms with Crippen LogP contribution in [-0.2, 0) is 62.5 Å². The van der Waals surface area contributed by atoms with Gasteiger partial charge in [-0.15, -0.1) is 0 Å². The van der Waals surface area contributed by atoms with Crippen LogP contribution in [0.3, 0.4) is 0 Å². The highest BCUT2D eigenvalue weighted by Gasteiger charge is 2.57. The van der Waals surface area contributed by atoms with Gasteiger partial charge in [-0.05, 0) is 97.0 Å². The number of ether oxygens (including phenoxy) is 9. The van der Waals surface area contributed by atoms with Crippen LogP contribution in [-0.4, -0.2) is 127 Å². The maximum absolute atomic E-state index is 12.4. The van der Waals surface area contributed by atoms with E-state index in [2.05, 4.69) is 53.2 Å². The molecule has 0 saturated carbocycles. The van der Waals surface area contributed by atoms with Crippen molar-refractivity contribution in [3.05, 3.63) is 108 Å². The van der Waals surface area contributed by atoms with Gasteiger partial charge in [-0.1, -0.05) is 91.0 Å².